The van der Waals surface area contributed by atoms with E-state index in [0.717, 1.165) is 24.5 Å². The van der Waals surface area contributed by atoms with Crippen LogP contribution < -0.4 is 10.5 Å². The molecule has 0 saturated carbocycles. The van der Waals surface area contributed by atoms with Crippen molar-refractivity contribution in [1.82, 2.24) is 9.88 Å². The first-order valence-corrected chi connectivity index (χ1v) is 7.22. The number of hydrogen-bond acceptors (Lipinski definition) is 4. The van der Waals surface area contributed by atoms with Crippen molar-refractivity contribution in [2.24, 2.45) is 0 Å². The molecule has 5 nitrogen and oxygen atoms in total. The average molecular weight is 287 g/mol. The fourth-order valence-corrected chi connectivity index (χ4v) is 2.15. The van der Waals surface area contributed by atoms with Crippen molar-refractivity contribution in [2.75, 3.05) is 31.1 Å². The molecule has 0 aliphatic carbocycles. The number of carbonyl (C=O) groups is 1. The van der Waals surface area contributed by atoms with E-state index in [-0.39, 0.29) is 6.09 Å². The van der Waals surface area contributed by atoms with Crippen LogP contribution in [0, 0.1) is 6.92 Å². The standard InChI is InChI=1S/C15H22BN3O2/c1-11-5-6-12(17-13(11)16)18-7-9-19(10-8-18)14(20)21-15(2,3)4/h5-6H,7-10H2,1-4H3. The molecule has 1 aromatic heterocycles. The zero-order chi connectivity index (χ0) is 15.6. The number of rotatable bonds is 1. The minimum Gasteiger partial charge on any atom is -0.444 e. The number of pyridine rings is 1. The first-order chi connectivity index (χ1) is 9.76. The van der Waals surface area contributed by atoms with E-state index in [1.807, 2.05) is 39.8 Å². The molecule has 1 amide bonds. The second-order valence-electron chi connectivity index (χ2n) is 6.33. The van der Waals surface area contributed by atoms with Gasteiger partial charge in [-0.2, -0.15) is 0 Å². The number of aryl methyl sites for hydroxylation is 1. The van der Waals surface area contributed by atoms with Crippen LogP contribution in [0.25, 0.3) is 0 Å². The molecular weight excluding hydrogens is 265 g/mol. The summed E-state index contributed by atoms with van der Waals surface area (Å²) in [6.45, 7) is 10.3. The number of amides is 1. The Labute approximate surface area is 127 Å². The van der Waals surface area contributed by atoms with Gasteiger partial charge in [-0.25, -0.2) is 9.78 Å². The van der Waals surface area contributed by atoms with E-state index in [0.29, 0.717) is 18.7 Å². The maximum absolute atomic E-state index is 12.0. The molecule has 1 aromatic rings. The van der Waals surface area contributed by atoms with Crippen LogP contribution in [0.2, 0.25) is 0 Å². The zero-order valence-electron chi connectivity index (χ0n) is 13.2. The minimum atomic E-state index is -0.457. The van der Waals surface area contributed by atoms with Gasteiger partial charge in [-0.15, -0.1) is 0 Å². The van der Waals surface area contributed by atoms with Crippen LogP contribution in [-0.2, 0) is 4.74 Å². The monoisotopic (exact) mass is 287 g/mol. The number of ether oxygens (including phenoxy) is 1. The van der Waals surface area contributed by atoms with Gasteiger partial charge in [0.25, 0.3) is 0 Å². The third kappa shape index (κ3) is 4.13. The number of carbonyl (C=O) groups excluding carboxylic acids is 1. The Kier molecular flexibility index (Phi) is 4.44. The number of aromatic nitrogens is 1. The summed E-state index contributed by atoms with van der Waals surface area (Å²) in [6.07, 6.45) is -0.251. The molecule has 1 fully saturated rings. The van der Waals surface area contributed by atoms with Gasteiger partial charge in [-0.05, 0) is 44.9 Å². The highest BCUT2D eigenvalue weighted by Crippen LogP contribution is 2.15. The fraction of sp³-hybridized carbons (Fsp3) is 0.600. The van der Waals surface area contributed by atoms with Gasteiger partial charge < -0.3 is 14.5 Å². The molecular formula is C15H22BN3O2. The molecule has 2 rings (SSSR count). The maximum atomic E-state index is 12.0. The smallest absolute Gasteiger partial charge is 0.410 e. The van der Waals surface area contributed by atoms with Crippen LogP contribution in [0.4, 0.5) is 10.6 Å². The molecule has 6 heteroatoms. The summed E-state index contributed by atoms with van der Waals surface area (Å²) in [6, 6.07) is 3.94. The van der Waals surface area contributed by atoms with Crippen LogP contribution in [0.3, 0.4) is 0 Å². The van der Waals surface area contributed by atoms with Crippen molar-refractivity contribution in [3.8, 4) is 0 Å². The van der Waals surface area contributed by atoms with Gasteiger partial charge in [0.2, 0.25) is 0 Å². The lowest BCUT2D eigenvalue weighted by Gasteiger charge is -2.36. The van der Waals surface area contributed by atoms with Gasteiger partial charge in [0, 0.05) is 26.2 Å². The molecule has 0 atom stereocenters. The van der Waals surface area contributed by atoms with E-state index in [1.54, 1.807) is 4.90 Å². The van der Waals surface area contributed by atoms with Gasteiger partial charge in [0.15, 0.2) is 0 Å². The second kappa shape index (κ2) is 5.96. The van der Waals surface area contributed by atoms with Crippen molar-refractivity contribution in [1.29, 1.82) is 0 Å². The Balaban J connectivity index is 1.94. The van der Waals surface area contributed by atoms with Gasteiger partial charge in [0.1, 0.15) is 19.3 Å². The molecule has 0 aromatic carbocycles. The van der Waals surface area contributed by atoms with Crippen LogP contribution in [0.1, 0.15) is 26.3 Å². The van der Waals surface area contributed by atoms with E-state index >= 15 is 0 Å². The third-order valence-corrected chi connectivity index (χ3v) is 3.38. The lowest BCUT2D eigenvalue weighted by molar-refractivity contribution is 0.0240. The summed E-state index contributed by atoms with van der Waals surface area (Å²) in [5.74, 6) is 0.863. The quantitative estimate of drug-likeness (QED) is 0.729. The Morgan fingerprint density at radius 2 is 1.86 bits per heavy atom. The molecule has 0 bridgehead atoms. The van der Waals surface area contributed by atoms with Crippen molar-refractivity contribution >= 4 is 25.4 Å². The highest BCUT2D eigenvalue weighted by Gasteiger charge is 2.26. The Morgan fingerprint density at radius 1 is 1.24 bits per heavy atom. The van der Waals surface area contributed by atoms with Crippen molar-refractivity contribution < 1.29 is 9.53 Å². The topological polar surface area (TPSA) is 45.7 Å². The van der Waals surface area contributed by atoms with Crippen LogP contribution in [0.5, 0.6) is 0 Å². The average Bonchev–Trinajstić information content (AvgIpc) is 2.40. The fourth-order valence-electron chi connectivity index (χ4n) is 2.15. The molecule has 1 aliphatic rings. The first kappa shape index (κ1) is 15.7. The molecule has 0 unspecified atom stereocenters. The molecule has 1 aliphatic heterocycles. The second-order valence-corrected chi connectivity index (χ2v) is 6.33. The Hall–Kier alpha value is -1.72. The van der Waals surface area contributed by atoms with Gasteiger partial charge in [-0.1, -0.05) is 6.07 Å². The number of hydrogen-bond donors (Lipinski definition) is 0. The predicted molar refractivity (Wildman–Crippen MR) is 84.4 cm³/mol. The highest BCUT2D eigenvalue weighted by atomic mass is 16.6. The summed E-state index contributed by atoms with van der Waals surface area (Å²) >= 11 is 0. The van der Waals surface area contributed by atoms with Crippen molar-refractivity contribution in [3.63, 3.8) is 0 Å². The molecule has 2 radical (unpaired) electrons. The van der Waals surface area contributed by atoms with E-state index in [1.165, 1.54) is 0 Å². The number of anilines is 1. The predicted octanol–water partition coefficient (Wildman–Crippen LogP) is 1.24. The summed E-state index contributed by atoms with van der Waals surface area (Å²) in [5.41, 5.74) is 1.08. The molecule has 0 spiro atoms. The molecule has 112 valence electrons. The summed E-state index contributed by atoms with van der Waals surface area (Å²) in [7, 11) is 5.85. The summed E-state index contributed by atoms with van der Waals surface area (Å²) < 4.78 is 5.39. The van der Waals surface area contributed by atoms with Crippen molar-refractivity contribution in [3.05, 3.63) is 17.7 Å². The summed E-state index contributed by atoms with van der Waals surface area (Å²) in [5, 5.41) is 0. The number of nitrogens with zero attached hydrogens (tertiary/aromatic N) is 3. The first-order valence-electron chi connectivity index (χ1n) is 7.22. The lowest BCUT2D eigenvalue weighted by Crippen LogP contribution is -2.50. The van der Waals surface area contributed by atoms with Crippen molar-refractivity contribution in [2.45, 2.75) is 33.3 Å². The van der Waals surface area contributed by atoms with Crippen LogP contribution in [0.15, 0.2) is 12.1 Å². The largest absolute Gasteiger partial charge is 0.444 e. The minimum absolute atomic E-state index is 0.251. The molecule has 2 heterocycles. The SMILES string of the molecule is [B]c1nc(N2CCN(C(=O)OC(C)(C)C)CC2)ccc1C. The van der Waals surface area contributed by atoms with Crippen LogP contribution in [-0.4, -0.2) is 55.6 Å². The van der Waals surface area contributed by atoms with E-state index in [2.05, 4.69) is 9.88 Å². The van der Waals surface area contributed by atoms with E-state index < -0.39 is 5.60 Å². The summed E-state index contributed by atoms with van der Waals surface area (Å²) in [4.78, 5) is 20.3. The maximum Gasteiger partial charge on any atom is 0.410 e. The Morgan fingerprint density at radius 3 is 2.38 bits per heavy atom. The number of piperazine rings is 1. The highest BCUT2D eigenvalue weighted by molar-refractivity contribution is 6.31. The van der Waals surface area contributed by atoms with Gasteiger partial charge in [-0.3, -0.25) is 0 Å². The molecule has 1 saturated heterocycles. The van der Waals surface area contributed by atoms with E-state index in [4.69, 9.17) is 12.6 Å². The van der Waals surface area contributed by atoms with E-state index in [9.17, 15) is 4.79 Å². The normalized spacial score (nSPS) is 16.0. The third-order valence-electron chi connectivity index (χ3n) is 3.38. The zero-order valence-corrected chi connectivity index (χ0v) is 13.2. The van der Waals surface area contributed by atoms with Gasteiger partial charge in [0.05, 0.1) is 0 Å². The van der Waals surface area contributed by atoms with Gasteiger partial charge >= 0.3 is 6.09 Å². The van der Waals surface area contributed by atoms with Crippen LogP contribution >= 0.6 is 0 Å². The molecule has 0 N–H and O–H groups in total. The Bertz CT molecular complexity index is 520. The molecule has 21 heavy (non-hydrogen) atoms. The lowest BCUT2D eigenvalue weighted by atomic mass is 9.98.